The topological polar surface area (TPSA) is 51.8 Å². The number of benzene rings is 7. The molecule has 258 valence electrons. The number of fused-ring (bicyclic) bond motifs is 6. The van der Waals surface area contributed by atoms with E-state index >= 15 is 0 Å². The fraction of sp³-hybridized carbons (Fsp3) is 0.100. The third-order valence-electron chi connectivity index (χ3n) is 11.1. The van der Waals surface area contributed by atoms with E-state index in [-0.39, 0.29) is 5.41 Å². The minimum absolute atomic E-state index is 0.0186. The van der Waals surface area contributed by atoms with Crippen molar-refractivity contribution in [3.8, 4) is 56.4 Å². The van der Waals surface area contributed by atoms with Gasteiger partial charge in [0.05, 0.1) is 5.56 Å². The monoisotopic (exact) mass is 695 g/mol. The molecule has 0 saturated carbocycles. The summed E-state index contributed by atoms with van der Waals surface area (Å²) in [4.78, 5) is 14.9. The molecule has 2 aromatic heterocycles. The van der Waals surface area contributed by atoms with E-state index in [1.807, 2.05) is 66.7 Å². The maximum atomic E-state index is 6.63. The molecule has 9 aromatic rings. The average Bonchev–Trinajstić information content (AvgIpc) is 3.69. The lowest BCUT2D eigenvalue weighted by atomic mass is 9.81. The third kappa shape index (κ3) is 5.25. The molecule has 7 aromatic carbocycles. The minimum Gasteiger partial charge on any atom is -0.455 e. The minimum atomic E-state index is -0.0186. The highest BCUT2D eigenvalue weighted by Gasteiger charge is 2.35. The predicted molar refractivity (Wildman–Crippen MR) is 220 cm³/mol. The van der Waals surface area contributed by atoms with Crippen molar-refractivity contribution in [1.29, 1.82) is 0 Å². The molecule has 0 unspecified atom stereocenters. The molecule has 0 amide bonds. The Morgan fingerprint density at radius 2 is 1.11 bits per heavy atom. The van der Waals surface area contributed by atoms with Gasteiger partial charge in [0.15, 0.2) is 17.5 Å². The van der Waals surface area contributed by atoms with E-state index < -0.39 is 0 Å². The summed E-state index contributed by atoms with van der Waals surface area (Å²) in [7, 11) is 0. The second-order valence-electron chi connectivity index (χ2n) is 14.9. The summed E-state index contributed by atoms with van der Waals surface area (Å²) in [6.45, 7) is 6.94. The zero-order valence-corrected chi connectivity index (χ0v) is 30.5. The first-order valence-electron chi connectivity index (χ1n) is 18.6. The molecule has 0 atom stereocenters. The van der Waals surface area contributed by atoms with Crippen LogP contribution in [0.2, 0.25) is 0 Å². The predicted octanol–water partition coefficient (Wildman–Crippen LogP) is 12.6. The fourth-order valence-electron chi connectivity index (χ4n) is 8.36. The Morgan fingerprint density at radius 3 is 1.85 bits per heavy atom. The van der Waals surface area contributed by atoms with Crippen molar-refractivity contribution in [2.45, 2.75) is 32.6 Å². The lowest BCUT2D eigenvalue weighted by Crippen LogP contribution is -2.15. The lowest BCUT2D eigenvalue weighted by Gasteiger charge is -2.22. The SMILES string of the molecule is Cc1cc2c(cc1-c1ccccc1Cc1ccc3oc4c(-c5nc(-c6ccccc6)nc(-c6ccccc6)n5)cccc4c3c1)-c1ccccc1C2(C)C. The molecule has 2 heterocycles. The number of rotatable bonds is 6. The van der Waals surface area contributed by atoms with Gasteiger partial charge in [-0.2, -0.15) is 0 Å². The van der Waals surface area contributed by atoms with Crippen LogP contribution in [0, 0.1) is 6.92 Å². The molecular weight excluding hydrogens is 659 g/mol. The molecule has 1 aliphatic carbocycles. The molecular formula is C50H37N3O. The number of hydrogen-bond acceptors (Lipinski definition) is 4. The molecule has 10 rings (SSSR count). The second kappa shape index (κ2) is 12.5. The Balaban J connectivity index is 1.05. The van der Waals surface area contributed by atoms with E-state index in [0.29, 0.717) is 17.5 Å². The molecule has 4 nitrogen and oxygen atoms in total. The quantitative estimate of drug-likeness (QED) is 0.174. The van der Waals surface area contributed by atoms with Crippen molar-refractivity contribution < 1.29 is 4.42 Å². The van der Waals surface area contributed by atoms with Crippen molar-refractivity contribution >= 4 is 21.9 Å². The standard InChI is InChI=1S/C50H37N3O/c1-31-27-44-41(37-21-12-13-24-43(37)50(44,2)3)30-40(31)36-20-11-10-19-35(36)28-32-25-26-45-42(29-32)38-22-14-23-39(46(38)54-45)49-52-47(33-15-6-4-7-16-33)51-48(53-49)34-17-8-5-9-18-34/h4-27,29-30H,28H2,1-3H3. The molecule has 0 aliphatic heterocycles. The number of furan rings is 1. The summed E-state index contributed by atoms with van der Waals surface area (Å²) < 4.78 is 6.63. The van der Waals surface area contributed by atoms with Crippen LogP contribution in [0.1, 0.15) is 41.7 Å². The highest BCUT2D eigenvalue weighted by Crippen LogP contribution is 2.50. The molecule has 0 N–H and O–H groups in total. The van der Waals surface area contributed by atoms with Crippen molar-refractivity contribution in [3.63, 3.8) is 0 Å². The van der Waals surface area contributed by atoms with Gasteiger partial charge in [-0.05, 0) is 87.7 Å². The Kier molecular flexibility index (Phi) is 7.41. The molecule has 0 spiro atoms. The fourth-order valence-corrected chi connectivity index (χ4v) is 8.36. The number of aromatic nitrogens is 3. The van der Waals surface area contributed by atoms with E-state index in [9.17, 15) is 0 Å². The van der Waals surface area contributed by atoms with Crippen LogP contribution in [0.4, 0.5) is 0 Å². The van der Waals surface area contributed by atoms with Crippen molar-refractivity contribution in [1.82, 2.24) is 15.0 Å². The van der Waals surface area contributed by atoms with Crippen LogP contribution in [0.5, 0.6) is 0 Å². The van der Waals surface area contributed by atoms with Gasteiger partial charge in [-0.15, -0.1) is 0 Å². The van der Waals surface area contributed by atoms with Gasteiger partial charge in [0, 0.05) is 27.3 Å². The second-order valence-corrected chi connectivity index (χ2v) is 14.9. The normalized spacial score (nSPS) is 12.9. The summed E-state index contributed by atoms with van der Waals surface area (Å²) in [6.07, 6.45) is 0.797. The summed E-state index contributed by atoms with van der Waals surface area (Å²) in [5.74, 6) is 1.83. The van der Waals surface area contributed by atoms with Gasteiger partial charge in [0.1, 0.15) is 11.2 Å². The van der Waals surface area contributed by atoms with Gasteiger partial charge in [-0.1, -0.05) is 147 Å². The van der Waals surface area contributed by atoms with Crippen molar-refractivity contribution in [2.75, 3.05) is 0 Å². The zero-order chi connectivity index (χ0) is 36.4. The maximum Gasteiger partial charge on any atom is 0.167 e. The molecule has 0 radical (unpaired) electrons. The molecule has 0 fully saturated rings. The summed E-state index contributed by atoms with van der Waals surface area (Å²) >= 11 is 0. The van der Waals surface area contributed by atoms with Crippen LogP contribution in [0.25, 0.3) is 78.4 Å². The van der Waals surface area contributed by atoms with E-state index in [1.54, 1.807) is 0 Å². The van der Waals surface area contributed by atoms with Gasteiger partial charge in [-0.25, -0.2) is 15.0 Å². The van der Waals surface area contributed by atoms with Crippen LogP contribution in [-0.2, 0) is 11.8 Å². The molecule has 1 aliphatic rings. The largest absolute Gasteiger partial charge is 0.455 e. The smallest absolute Gasteiger partial charge is 0.167 e. The Bertz CT molecular complexity index is 2830. The highest BCUT2D eigenvalue weighted by molar-refractivity contribution is 6.09. The summed E-state index contributed by atoms with van der Waals surface area (Å²) in [6, 6.07) is 55.5. The number of nitrogens with zero attached hydrogens (tertiary/aromatic N) is 3. The number of hydrogen-bond donors (Lipinski definition) is 0. The van der Waals surface area contributed by atoms with Gasteiger partial charge < -0.3 is 4.42 Å². The van der Waals surface area contributed by atoms with Crippen molar-refractivity contribution in [3.05, 3.63) is 186 Å². The molecule has 54 heavy (non-hydrogen) atoms. The van der Waals surface area contributed by atoms with Crippen LogP contribution >= 0.6 is 0 Å². The van der Waals surface area contributed by atoms with Crippen LogP contribution in [0.3, 0.4) is 0 Å². The Hall–Kier alpha value is -6.65. The van der Waals surface area contributed by atoms with Crippen LogP contribution in [-0.4, -0.2) is 15.0 Å². The molecule has 0 bridgehead atoms. The van der Waals surface area contributed by atoms with Gasteiger partial charge in [0.2, 0.25) is 0 Å². The van der Waals surface area contributed by atoms with Crippen LogP contribution in [0.15, 0.2) is 162 Å². The average molecular weight is 696 g/mol. The Labute approximate surface area is 314 Å². The summed E-state index contributed by atoms with van der Waals surface area (Å²) in [5.41, 5.74) is 16.2. The van der Waals surface area contributed by atoms with Gasteiger partial charge in [0.25, 0.3) is 0 Å². The van der Waals surface area contributed by atoms with Gasteiger partial charge >= 0.3 is 0 Å². The third-order valence-corrected chi connectivity index (χ3v) is 11.1. The Morgan fingerprint density at radius 1 is 0.481 bits per heavy atom. The van der Waals surface area contributed by atoms with E-state index in [4.69, 9.17) is 19.4 Å². The zero-order valence-electron chi connectivity index (χ0n) is 30.5. The van der Waals surface area contributed by atoms with Crippen LogP contribution < -0.4 is 0 Å². The first kappa shape index (κ1) is 32.0. The maximum absolute atomic E-state index is 6.63. The number of para-hydroxylation sites is 1. The van der Waals surface area contributed by atoms with E-state index in [1.165, 1.54) is 50.1 Å². The highest BCUT2D eigenvalue weighted by atomic mass is 16.3. The number of aryl methyl sites for hydroxylation is 1. The van der Waals surface area contributed by atoms with Gasteiger partial charge in [-0.3, -0.25) is 0 Å². The lowest BCUT2D eigenvalue weighted by molar-refractivity contribution is 0.660. The van der Waals surface area contributed by atoms with E-state index in [0.717, 1.165) is 45.0 Å². The van der Waals surface area contributed by atoms with Crippen molar-refractivity contribution in [2.24, 2.45) is 0 Å². The molecule has 4 heteroatoms. The van der Waals surface area contributed by atoms with E-state index in [2.05, 4.69) is 112 Å². The summed E-state index contributed by atoms with van der Waals surface area (Å²) in [5, 5.41) is 2.12. The first-order chi connectivity index (χ1) is 26.4. The molecule has 0 saturated heterocycles. The first-order valence-corrected chi connectivity index (χ1v) is 18.6.